The lowest BCUT2D eigenvalue weighted by molar-refractivity contribution is -0.140. The second-order valence-electron chi connectivity index (χ2n) is 10.3. The van der Waals surface area contributed by atoms with E-state index in [0.717, 1.165) is 23.3 Å². The largest absolute Gasteiger partial charge is 0.419 e. The molecule has 214 valence electrons. The van der Waals surface area contributed by atoms with Crippen LogP contribution in [0.2, 0.25) is 15.1 Å². The number of carbonyl (C=O) groups is 1. The van der Waals surface area contributed by atoms with Crippen LogP contribution in [0.5, 0.6) is 0 Å². The second kappa shape index (κ2) is 12.8. The fraction of sp³-hybridized carbons (Fsp3) is 0.367. The minimum atomic E-state index is -4.75. The van der Waals surface area contributed by atoms with Crippen LogP contribution in [0.3, 0.4) is 0 Å². The number of halogens is 7. The Bertz CT molecular complexity index is 1350. The van der Waals surface area contributed by atoms with Gasteiger partial charge in [0, 0.05) is 49.1 Å². The third kappa shape index (κ3) is 7.37. The number of likely N-dealkylation sites (tertiary alicyclic amines) is 1. The monoisotopic (exact) mass is 614 g/mol. The molecule has 0 amide bonds. The van der Waals surface area contributed by atoms with Gasteiger partial charge in [0.1, 0.15) is 11.6 Å². The Morgan fingerprint density at radius 1 is 1.00 bits per heavy atom. The maximum Gasteiger partial charge on any atom is 0.419 e. The van der Waals surface area contributed by atoms with Gasteiger partial charge >= 0.3 is 6.18 Å². The van der Waals surface area contributed by atoms with E-state index in [2.05, 4.69) is 4.90 Å². The zero-order chi connectivity index (χ0) is 29.2. The Hall–Kier alpha value is -2.16. The lowest BCUT2D eigenvalue weighted by atomic mass is 9.93. The van der Waals surface area contributed by atoms with Gasteiger partial charge in [-0.3, -0.25) is 9.80 Å². The molecule has 0 bridgehead atoms. The molecular formula is C30H29Cl3F4N2O. The minimum Gasteiger partial charge on any atom is -0.300 e. The molecule has 10 heteroatoms. The Labute approximate surface area is 246 Å². The van der Waals surface area contributed by atoms with Crippen molar-refractivity contribution in [3.05, 3.63) is 104 Å². The molecule has 0 aliphatic carbocycles. The zero-order valence-corrected chi connectivity index (χ0v) is 24.3. The van der Waals surface area contributed by atoms with E-state index in [9.17, 15) is 22.4 Å². The van der Waals surface area contributed by atoms with Crippen LogP contribution in [-0.2, 0) is 17.5 Å². The fourth-order valence-electron chi connectivity index (χ4n) is 5.47. The van der Waals surface area contributed by atoms with Gasteiger partial charge in [0.05, 0.1) is 15.6 Å². The van der Waals surface area contributed by atoms with E-state index in [0.29, 0.717) is 46.6 Å². The number of benzene rings is 3. The highest BCUT2D eigenvalue weighted by molar-refractivity contribution is 6.42. The predicted octanol–water partition coefficient (Wildman–Crippen LogP) is 8.82. The molecule has 0 aromatic heterocycles. The number of hydrogen-bond donors (Lipinski definition) is 0. The highest BCUT2D eigenvalue weighted by atomic mass is 35.5. The summed E-state index contributed by atoms with van der Waals surface area (Å²) in [4.78, 5) is 16.3. The van der Waals surface area contributed by atoms with Crippen molar-refractivity contribution in [2.45, 2.75) is 50.5 Å². The lowest BCUT2D eigenvalue weighted by Crippen LogP contribution is -2.37. The van der Waals surface area contributed by atoms with Gasteiger partial charge in [-0.25, -0.2) is 4.39 Å². The number of Topliss-reactive ketones (excluding diaryl/α,β-unsaturated/α-hetero) is 1. The molecule has 1 heterocycles. The third-order valence-corrected chi connectivity index (χ3v) is 8.48. The van der Waals surface area contributed by atoms with Crippen molar-refractivity contribution in [1.82, 2.24) is 9.80 Å². The van der Waals surface area contributed by atoms with Gasteiger partial charge in [-0.1, -0.05) is 59.1 Å². The molecule has 1 saturated heterocycles. The van der Waals surface area contributed by atoms with Gasteiger partial charge < -0.3 is 4.79 Å². The number of rotatable bonds is 9. The number of nitrogens with zero attached hydrogens (tertiary/aromatic N) is 2. The van der Waals surface area contributed by atoms with Crippen LogP contribution in [-0.4, -0.2) is 41.8 Å². The molecule has 3 aromatic rings. The van der Waals surface area contributed by atoms with Crippen LogP contribution >= 0.6 is 34.8 Å². The first-order valence-corrected chi connectivity index (χ1v) is 14.0. The van der Waals surface area contributed by atoms with E-state index in [1.165, 1.54) is 6.07 Å². The van der Waals surface area contributed by atoms with Gasteiger partial charge in [-0.05, 0) is 73.5 Å². The highest BCUT2D eigenvalue weighted by Crippen LogP contribution is 2.40. The summed E-state index contributed by atoms with van der Waals surface area (Å²) in [6.45, 7) is 3.06. The maximum atomic E-state index is 14.3. The van der Waals surface area contributed by atoms with Gasteiger partial charge in [-0.15, -0.1) is 0 Å². The third-order valence-electron chi connectivity index (χ3n) is 7.49. The molecule has 1 fully saturated rings. The summed E-state index contributed by atoms with van der Waals surface area (Å²) in [5.41, 5.74) is 1.15. The number of carbonyl (C=O) groups excluding carboxylic acids is 1. The summed E-state index contributed by atoms with van der Waals surface area (Å²) in [5.74, 6) is -1.23. The van der Waals surface area contributed by atoms with E-state index in [4.69, 9.17) is 34.8 Å². The highest BCUT2D eigenvalue weighted by Gasteiger charge is 2.40. The molecule has 1 unspecified atom stereocenters. The van der Waals surface area contributed by atoms with Crippen molar-refractivity contribution < 1.29 is 22.4 Å². The van der Waals surface area contributed by atoms with Crippen LogP contribution in [0.1, 0.15) is 54.0 Å². The summed E-state index contributed by atoms with van der Waals surface area (Å²) in [7, 11) is 1.88. The summed E-state index contributed by atoms with van der Waals surface area (Å²) < 4.78 is 53.6. The Kier molecular flexibility index (Phi) is 9.84. The molecule has 4 rings (SSSR count). The smallest absolute Gasteiger partial charge is 0.300 e. The van der Waals surface area contributed by atoms with Crippen molar-refractivity contribution in [2.24, 2.45) is 0 Å². The van der Waals surface area contributed by atoms with Crippen LogP contribution in [0.25, 0.3) is 0 Å². The first-order valence-electron chi connectivity index (χ1n) is 12.8. The molecule has 40 heavy (non-hydrogen) atoms. The van der Waals surface area contributed by atoms with Crippen LogP contribution in [0, 0.1) is 5.82 Å². The standard InChI is InChI=1S/C30H29Cl3F4N2O/c1-18(40)3-12-28(20-5-8-22(31)9-6-20)39-16-23(21-7-11-25(32)26(33)14-21)29(17-39)38(2)15-19-4-10-24(27(34)13-19)30(35,36)37/h4-11,13-14,23,28-29H,3,12,15-17H2,1-2H3/t23-,28?,29-/m1/s1. The molecule has 0 radical (unpaired) electrons. The second-order valence-corrected chi connectivity index (χ2v) is 11.6. The van der Waals surface area contributed by atoms with Gasteiger partial charge in [0.15, 0.2) is 0 Å². The summed E-state index contributed by atoms with van der Waals surface area (Å²) in [6.07, 6.45) is -3.73. The van der Waals surface area contributed by atoms with Gasteiger partial charge in [0.2, 0.25) is 0 Å². The molecule has 0 spiro atoms. The Morgan fingerprint density at radius 3 is 2.30 bits per heavy atom. The number of likely N-dealkylation sites (N-methyl/N-ethyl adjacent to an activating group) is 1. The first-order chi connectivity index (χ1) is 18.8. The van der Waals surface area contributed by atoms with Crippen molar-refractivity contribution in [1.29, 1.82) is 0 Å². The molecule has 1 aliphatic heterocycles. The lowest BCUT2D eigenvalue weighted by Gasteiger charge is -2.31. The average Bonchev–Trinajstić information content (AvgIpc) is 3.31. The Balaban J connectivity index is 1.65. The van der Waals surface area contributed by atoms with Crippen LogP contribution < -0.4 is 0 Å². The normalized spacial score (nSPS) is 18.9. The van der Waals surface area contributed by atoms with Crippen LogP contribution in [0.4, 0.5) is 17.6 Å². The predicted molar refractivity (Wildman–Crippen MR) is 152 cm³/mol. The van der Waals surface area contributed by atoms with Crippen molar-refractivity contribution in [2.75, 3.05) is 20.1 Å². The van der Waals surface area contributed by atoms with E-state index in [-0.39, 0.29) is 30.3 Å². The van der Waals surface area contributed by atoms with Crippen molar-refractivity contribution in [3.63, 3.8) is 0 Å². The number of alkyl halides is 3. The van der Waals surface area contributed by atoms with E-state index in [1.807, 2.05) is 48.3 Å². The van der Waals surface area contributed by atoms with E-state index < -0.39 is 17.6 Å². The SMILES string of the molecule is CC(=O)CCC(c1ccc(Cl)cc1)N1C[C@H](c2ccc(Cl)c(Cl)c2)[C@H](N(C)Cc2ccc(C(F)(F)F)c(F)c2)C1. The quantitative estimate of drug-likeness (QED) is 0.225. The van der Waals surface area contributed by atoms with Crippen molar-refractivity contribution in [3.8, 4) is 0 Å². The van der Waals surface area contributed by atoms with Crippen LogP contribution in [0.15, 0.2) is 60.7 Å². The summed E-state index contributed by atoms with van der Waals surface area (Å²) >= 11 is 18.7. The zero-order valence-electron chi connectivity index (χ0n) is 22.0. The molecule has 1 aliphatic rings. The van der Waals surface area contributed by atoms with Gasteiger partial charge in [-0.2, -0.15) is 13.2 Å². The molecule has 3 atom stereocenters. The molecule has 3 nitrogen and oxygen atoms in total. The molecule has 0 saturated carbocycles. The van der Waals surface area contributed by atoms with E-state index in [1.54, 1.807) is 13.0 Å². The Morgan fingerprint density at radius 2 is 1.70 bits per heavy atom. The summed E-state index contributed by atoms with van der Waals surface area (Å²) in [6, 6.07) is 16.0. The molecule has 0 N–H and O–H groups in total. The van der Waals surface area contributed by atoms with Crippen molar-refractivity contribution >= 4 is 40.6 Å². The molecule has 3 aromatic carbocycles. The topological polar surface area (TPSA) is 23.6 Å². The number of hydrogen-bond acceptors (Lipinski definition) is 3. The van der Waals surface area contributed by atoms with Gasteiger partial charge in [0.25, 0.3) is 0 Å². The fourth-order valence-corrected chi connectivity index (χ4v) is 5.90. The molecular weight excluding hydrogens is 587 g/mol. The number of ketones is 1. The first kappa shape index (κ1) is 30.8. The maximum absolute atomic E-state index is 14.3. The average molecular weight is 616 g/mol. The van der Waals surface area contributed by atoms with E-state index >= 15 is 0 Å². The summed E-state index contributed by atoms with van der Waals surface area (Å²) in [5, 5.41) is 1.48. The minimum absolute atomic E-state index is 0.0359.